The predicted octanol–water partition coefficient (Wildman–Crippen LogP) is 1.86. The lowest BCUT2D eigenvalue weighted by molar-refractivity contribution is -0.0938. The Kier molecular flexibility index (Phi) is 2.02. The van der Waals surface area contributed by atoms with Crippen molar-refractivity contribution in [1.82, 2.24) is 0 Å². The van der Waals surface area contributed by atoms with E-state index in [2.05, 4.69) is 6.58 Å². The summed E-state index contributed by atoms with van der Waals surface area (Å²) < 4.78 is 0. The van der Waals surface area contributed by atoms with Crippen molar-refractivity contribution in [3.63, 3.8) is 0 Å². The number of aliphatic hydroxyl groups is 2. The molecule has 0 radical (unpaired) electrons. The van der Waals surface area contributed by atoms with Gasteiger partial charge in [-0.05, 0) is 38.0 Å². The fourth-order valence-corrected chi connectivity index (χ4v) is 4.37. The van der Waals surface area contributed by atoms with E-state index < -0.39 is 0 Å². The van der Waals surface area contributed by atoms with Gasteiger partial charge in [-0.2, -0.15) is 0 Å². The topological polar surface area (TPSA) is 40.5 Å². The van der Waals surface area contributed by atoms with Crippen LogP contribution in [0.3, 0.4) is 0 Å². The van der Waals surface area contributed by atoms with Crippen LogP contribution >= 0.6 is 0 Å². The van der Waals surface area contributed by atoms with Gasteiger partial charge in [0.25, 0.3) is 0 Å². The summed E-state index contributed by atoms with van der Waals surface area (Å²) >= 11 is 0. The third kappa shape index (κ3) is 1.18. The van der Waals surface area contributed by atoms with Gasteiger partial charge in [-0.1, -0.05) is 18.6 Å². The lowest BCUT2D eigenvalue weighted by Crippen LogP contribution is -2.47. The zero-order valence-corrected chi connectivity index (χ0v) is 9.15. The van der Waals surface area contributed by atoms with Crippen LogP contribution in [0.4, 0.5) is 0 Å². The normalized spacial score (nSPS) is 54.1. The van der Waals surface area contributed by atoms with E-state index in [0.29, 0.717) is 5.92 Å². The minimum atomic E-state index is -0.191. The molecule has 15 heavy (non-hydrogen) atoms. The minimum Gasteiger partial charge on any atom is -0.393 e. The molecule has 0 unspecified atom stereocenters. The molecule has 3 aliphatic carbocycles. The van der Waals surface area contributed by atoms with E-state index in [0.717, 1.165) is 32.1 Å². The van der Waals surface area contributed by atoms with Crippen LogP contribution in [0.1, 0.15) is 38.5 Å². The van der Waals surface area contributed by atoms with E-state index in [1.54, 1.807) is 0 Å². The van der Waals surface area contributed by atoms with Crippen molar-refractivity contribution >= 4 is 0 Å². The highest BCUT2D eigenvalue weighted by Gasteiger charge is 2.57. The SMILES string of the molecule is C=C1C[C@]23C[C@H]1[C@H](O)C[C@H]2CCC[C@@H]3O. The van der Waals surface area contributed by atoms with E-state index in [1.165, 1.54) is 12.0 Å². The molecule has 2 heteroatoms. The van der Waals surface area contributed by atoms with Gasteiger partial charge < -0.3 is 10.2 Å². The van der Waals surface area contributed by atoms with E-state index in [1.807, 2.05) is 0 Å². The molecule has 1 spiro atoms. The summed E-state index contributed by atoms with van der Waals surface area (Å²) in [7, 11) is 0. The predicted molar refractivity (Wildman–Crippen MR) is 58.3 cm³/mol. The molecule has 2 nitrogen and oxygen atoms in total. The van der Waals surface area contributed by atoms with Gasteiger partial charge in [0, 0.05) is 11.3 Å². The smallest absolute Gasteiger partial charge is 0.0608 e. The van der Waals surface area contributed by atoms with Crippen molar-refractivity contribution in [3.8, 4) is 0 Å². The highest BCUT2D eigenvalue weighted by Crippen LogP contribution is 2.61. The minimum absolute atomic E-state index is 0.0965. The first kappa shape index (κ1) is 9.86. The van der Waals surface area contributed by atoms with Gasteiger partial charge in [0.1, 0.15) is 0 Å². The Morgan fingerprint density at radius 3 is 2.87 bits per heavy atom. The van der Waals surface area contributed by atoms with Gasteiger partial charge in [0.15, 0.2) is 0 Å². The van der Waals surface area contributed by atoms with Crippen molar-refractivity contribution in [2.45, 2.75) is 50.7 Å². The molecule has 0 amide bonds. The van der Waals surface area contributed by atoms with Gasteiger partial charge >= 0.3 is 0 Å². The Bertz CT molecular complexity index is 299. The first-order chi connectivity index (χ1) is 7.13. The molecule has 0 aliphatic heterocycles. The molecule has 84 valence electrons. The van der Waals surface area contributed by atoms with E-state index in [9.17, 15) is 10.2 Å². The highest BCUT2D eigenvalue weighted by molar-refractivity contribution is 5.22. The van der Waals surface area contributed by atoms with Gasteiger partial charge in [-0.15, -0.1) is 0 Å². The second-order valence-corrected chi connectivity index (χ2v) is 5.83. The number of aliphatic hydroxyl groups excluding tert-OH is 2. The first-order valence-electron chi connectivity index (χ1n) is 6.17. The fourth-order valence-electron chi connectivity index (χ4n) is 4.37. The van der Waals surface area contributed by atoms with E-state index >= 15 is 0 Å². The molecular formula is C13H20O2. The van der Waals surface area contributed by atoms with Crippen LogP contribution in [0.25, 0.3) is 0 Å². The quantitative estimate of drug-likeness (QED) is 0.597. The molecule has 0 aromatic heterocycles. The largest absolute Gasteiger partial charge is 0.393 e. The maximum absolute atomic E-state index is 10.3. The lowest BCUT2D eigenvalue weighted by atomic mass is 9.58. The number of hydrogen-bond donors (Lipinski definition) is 2. The molecule has 3 aliphatic rings. The van der Waals surface area contributed by atoms with Crippen LogP contribution in [0, 0.1) is 17.3 Å². The van der Waals surface area contributed by atoms with Crippen LogP contribution in [0.2, 0.25) is 0 Å². The molecule has 0 aromatic carbocycles. The molecule has 0 aromatic rings. The molecule has 0 saturated heterocycles. The van der Waals surface area contributed by atoms with Crippen molar-refractivity contribution in [3.05, 3.63) is 12.2 Å². The summed E-state index contributed by atoms with van der Waals surface area (Å²) in [5, 5.41) is 20.3. The van der Waals surface area contributed by atoms with Crippen molar-refractivity contribution in [1.29, 1.82) is 0 Å². The van der Waals surface area contributed by atoms with Crippen molar-refractivity contribution < 1.29 is 10.2 Å². The Morgan fingerprint density at radius 1 is 1.27 bits per heavy atom. The standard InChI is InChI=1S/C13H20O2/c1-8-6-13-7-10(8)11(14)5-9(13)3-2-4-12(13)15/h9-12,14-15H,1-7H2/t9-,10-,11-,12+,13+/m1/s1. The monoisotopic (exact) mass is 208 g/mol. The number of rotatable bonds is 0. The Morgan fingerprint density at radius 2 is 2.07 bits per heavy atom. The number of fused-ring (bicyclic) bond motifs is 1. The summed E-state index contributed by atoms with van der Waals surface area (Å²) in [5.41, 5.74) is 1.28. The van der Waals surface area contributed by atoms with Gasteiger partial charge in [-0.3, -0.25) is 0 Å². The maximum Gasteiger partial charge on any atom is 0.0608 e. The summed E-state index contributed by atoms with van der Waals surface area (Å²) in [6, 6.07) is 0. The maximum atomic E-state index is 10.3. The molecule has 2 N–H and O–H groups in total. The average Bonchev–Trinajstić information content (AvgIpc) is 2.49. The lowest BCUT2D eigenvalue weighted by Gasteiger charge is -2.49. The molecular weight excluding hydrogens is 188 g/mol. The number of hydrogen-bond acceptors (Lipinski definition) is 2. The molecule has 3 saturated carbocycles. The molecule has 3 fully saturated rings. The third-order valence-electron chi connectivity index (χ3n) is 5.18. The Labute approximate surface area is 91.0 Å². The van der Waals surface area contributed by atoms with Crippen LogP contribution in [0.5, 0.6) is 0 Å². The first-order valence-corrected chi connectivity index (χ1v) is 6.17. The Balaban J connectivity index is 1.98. The van der Waals surface area contributed by atoms with Crippen LogP contribution in [0.15, 0.2) is 12.2 Å². The highest BCUT2D eigenvalue weighted by atomic mass is 16.3. The molecule has 2 bridgehead atoms. The van der Waals surface area contributed by atoms with Crippen molar-refractivity contribution in [2.24, 2.45) is 17.3 Å². The zero-order valence-electron chi connectivity index (χ0n) is 9.15. The summed E-state index contributed by atoms with van der Waals surface area (Å²) in [5.74, 6) is 0.806. The van der Waals surface area contributed by atoms with E-state index in [4.69, 9.17) is 0 Å². The molecule has 5 atom stereocenters. The van der Waals surface area contributed by atoms with Crippen LogP contribution in [-0.4, -0.2) is 22.4 Å². The summed E-state index contributed by atoms with van der Waals surface area (Å²) in [6.45, 7) is 4.10. The van der Waals surface area contributed by atoms with Gasteiger partial charge in [0.05, 0.1) is 12.2 Å². The second-order valence-electron chi connectivity index (χ2n) is 5.83. The molecule has 0 heterocycles. The second kappa shape index (κ2) is 3.08. The van der Waals surface area contributed by atoms with Crippen LogP contribution < -0.4 is 0 Å². The van der Waals surface area contributed by atoms with Crippen molar-refractivity contribution in [2.75, 3.05) is 0 Å². The van der Waals surface area contributed by atoms with Crippen LogP contribution in [-0.2, 0) is 0 Å². The fraction of sp³-hybridized carbons (Fsp3) is 0.846. The van der Waals surface area contributed by atoms with Gasteiger partial charge in [-0.25, -0.2) is 0 Å². The summed E-state index contributed by atoms with van der Waals surface area (Å²) in [6.07, 6.45) is 5.76. The van der Waals surface area contributed by atoms with E-state index in [-0.39, 0.29) is 23.5 Å². The average molecular weight is 208 g/mol. The molecule has 3 rings (SSSR count). The summed E-state index contributed by atoms with van der Waals surface area (Å²) in [4.78, 5) is 0. The third-order valence-corrected chi connectivity index (χ3v) is 5.18. The van der Waals surface area contributed by atoms with Gasteiger partial charge in [0.2, 0.25) is 0 Å². The Hall–Kier alpha value is -0.340. The zero-order chi connectivity index (χ0) is 10.6.